The van der Waals surface area contributed by atoms with Crippen LogP contribution in [0, 0.1) is 6.92 Å². The number of rotatable bonds is 3. The predicted octanol–water partition coefficient (Wildman–Crippen LogP) is 3.06. The molecule has 0 aliphatic rings. The Labute approximate surface area is 111 Å². The summed E-state index contributed by atoms with van der Waals surface area (Å²) in [5, 5.41) is 16.1. The number of aromatic nitrogens is 1. The largest absolute Gasteiger partial charge is 0.507 e. The zero-order valence-corrected chi connectivity index (χ0v) is 11.1. The number of phenols is 1. The third-order valence-electron chi connectivity index (χ3n) is 2.77. The Bertz CT molecular complexity index is 602. The number of carbonyl (C=O) groups excluding carboxylic acids is 1. The minimum atomic E-state index is -0.386. The number of carbonyl (C=O) groups is 1. The van der Waals surface area contributed by atoms with Crippen LogP contribution in [0.2, 0.25) is 0 Å². The standard InChI is InChI=1S/C14H16N2O3/c1-8(2)13-11(7-15-19-13)16-14(18)10-5-4-9(3)6-12(10)17/h4-8,17H,1-3H3,(H,16,18). The summed E-state index contributed by atoms with van der Waals surface area (Å²) in [6.07, 6.45) is 1.46. The topological polar surface area (TPSA) is 75.4 Å². The Morgan fingerprint density at radius 3 is 2.79 bits per heavy atom. The molecular weight excluding hydrogens is 244 g/mol. The fraction of sp³-hybridized carbons (Fsp3) is 0.286. The monoisotopic (exact) mass is 260 g/mol. The molecule has 19 heavy (non-hydrogen) atoms. The summed E-state index contributed by atoms with van der Waals surface area (Å²) < 4.78 is 5.08. The van der Waals surface area contributed by atoms with Crippen LogP contribution in [-0.4, -0.2) is 16.2 Å². The first-order valence-corrected chi connectivity index (χ1v) is 6.04. The molecule has 0 bridgehead atoms. The van der Waals surface area contributed by atoms with Crippen LogP contribution in [0.1, 0.15) is 41.4 Å². The van der Waals surface area contributed by atoms with Gasteiger partial charge in [0.1, 0.15) is 11.4 Å². The van der Waals surface area contributed by atoms with Gasteiger partial charge in [0.05, 0.1) is 11.8 Å². The highest BCUT2D eigenvalue weighted by Crippen LogP contribution is 2.25. The molecule has 2 rings (SSSR count). The molecule has 1 amide bonds. The van der Waals surface area contributed by atoms with Crippen molar-refractivity contribution >= 4 is 11.6 Å². The molecule has 2 N–H and O–H groups in total. The molecule has 0 aliphatic heterocycles. The number of nitrogens with one attached hydrogen (secondary N) is 1. The molecule has 0 saturated heterocycles. The Morgan fingerprint density at radius 1 is 1.42 bits per heavy atom. The van der Waals surface area contributed by atoms with Crippen molar-refractivity contribution in [3.05, 3.63) is 41.3 Å². The fourth-order valence-electron chi connectivity index (χ4n) is 1.78. The highest BCUT2D eigenvalue weighted by atomic mass is 16.5. The SMILES string of the molecule is Cc1ccc(C(=O)Nc2cnoc2C(C)C)c(O)c1. The molecule has 0 radical (unpaired) electrons. The minimum Gasteiger partial charge on any atom is -0.507 e. The van der Waals surface area contributed by atoms with Gasteiger partial charge < -0.3 is 14.9 Å². The van der Waals surface area contributed by atoms with Crippen molar-refractivity contribution in [3.8, 4) is 5.75 Å². The van der Waals surface area contributed by atoms with Gasteiger partial charge in [-0.3, -0.25) is 4.79 Å². The van der Waals surface area contributed by atoms with Crippen LogP contribution in [0.5, 0.6) is 5.75 Å². The first-order chi connectivity index (χ1) is 8.99. The van der Waals surface area contributed by atoms with Gasteiger partial charge in [0.2, 0.25) is 0 Å². The molecule has 0 atom stereocenters. The maximum atomic E-state index is 12.1. The quantitative estimate of drug-likeness (QED) is 0.889. The van der Waals surface area contributed by atoms with E-state index in [9.17, 15) is 9.90 Å². The molecule has 0 saturated carbocycles. The molecule has 5 nitrogen and oxygen atoms in total. The van der Waals surface area contributed by atoms with Gasteiger partial charge in [-0.15, -0.1) is 0 Å². The van der Waals surface area contributed by atoms with Crippen molar-refractivity contribution < 1.29 is 14.4 Å². The Morgan fingerprint density at radius 2 is 2.16 bits per heavy atom. The predicted molar refractivity (Wildman–Crippen MR) is 71.4 cm³/mol. The van der Waals surface area contributed by atoms with Crippen molar-refractivity contribution in [2.24, 2.45) is 0 Å². The van der Waals surface area contributed by atoms with Crippen molar-refractivity contribution in [2.45, 2.75) is 26.7 Å². The molecule has 5 heteroatoms. The van der Waals surface area contributed by atoms with Crippen LogP contribution in [0.3, 0.4) is 0 Å². The first kappa shape index (κ1) is 13.1. The van der Waals surface area contributed by atoms with Gasteiger partial charge in [0.15, 0.2) is 5.76 Å². The van der Waals surface area contributed by atoms with Crippen molar-refractivity contribution in [1.29, 1.82) is 0 Å². The smallest absolute Gasteiger partial charge is 0.259 e. The van der Waals surface area contributed by atoms with Gasteiger partial charge in [0, 0.05) is 5.92 Å². The molecular formula is C14H16N2O3. The molecule has 1 heterocycles. The van der Waals surface area contributed by atoms with Crippen LogP contribution in [0.4, 0.5) is 5.69 Å². The molecule has 0 spiro atoms. The van der Waals surface area contributed by atoms with E-state index in [1.807, 2.05) is 20.8 Å². The second kappa shape index (κ2) is 5.14. The average molecular weight is 260 g/mol. The number of benzene rings is 1. The van der Waals surface area contributed by atoms with E-state index in [2.05, 4.69) is 10.5 Å². The molecule has 0 unspecified atom stereocenters. The van der Waals surface area contributed by atoms with E-state index in [0.717, 1.165) is 5.56 Å². The van der Waals surface area contributed by atoms with Gasteiger partial charge in [-0.05, 0) is 24.6 Å². The van der Waals surface area contributed by atoms with Crippen molar-refractivity contribution in [3.63, 3.8) is 0 Å². The van der Waals surface area contributed by atoms with Crippen LogP contribution >= 0.6 is 0 Å². The highest BCUT2D eigenvalue weighted by molar-refractivity contribution is 6.06. The lowest BCUT2D eigenvalue weighted by Crippen LogP contribution is -2.13. The second-order valence-electron chi connectivity index (χ2n) is 4.73. The summed E-state index contributed by atoms with van der Waals surface area (Å²) in [5.74, 6) is 0.298. The number of aryl methyl sites for hydroxylation is 1. The number of phenolic OH excluding ortho intramolecular Hbond substituents is 1. The number of aromatic hydroxyl groups is 1. The van der Waals surface area contributed by atoms with E-state index < -0.39 is 0 Å². The summed E-state index contributed by atoms with van der Waals surface area (Å²) in [7, 11) is 0. The number of hydrogen-bond acceptors (Lipinski definition) is 4. The maximum Gasteiger partial charge on any atom is 0.259 e. The Balaban J connectivity index is 2.23. The summed E-state index contributed by atoms with van der Waals surface area (Å²) in [6.45, 7) is 5.73. The maximum absolute atomic E-state index is 12.1. The highest BCUT2D eigenvalue weighted by Gasteiger charge is 2.17. The number of anilines is 1. The lowest BCUT2D eigenvalue weighted by atomic mass is 10.1. The van der Waals surface area contributed by atoms with E-state index in [0.29, 0.717) is 11.4 Å². The van der Waals surface area contributed by atoms with E-state index in [-0.39, 0.29) is 23.1 Å². The Hall–Kier alpha value is -2.30. The fourth-order valence-corrected chi connectivity index (χ4v) is 1.78. The van der Waals surface area contributed by atoms with Crippen molar-refractivity contribution in [1.82, 2.24) is 5.16 Å². The molecule has 0 aliphatic carbocycles. The number of hydrogen-bond donors (Lipinski definition) is 2. The van der Waals surface area contributed by atoms with Crippen LogP contribution < -0.4 is 5.32 Å². The molecule has 1 aromatic heterocycles. The van der Waals surface area contributed by atoms with Gasteiger partial charge in [-0.25, -0.2) is 0 Å². The zero-order valence-electron chi connectivity index (χ0n) is 11.1. The van der Waals surface area contributed by atoms with Crippen molar-refractivity contribution in [2.75, 3.05) is 5.32 Å². The van der Waals surface area contributed by atoms with Gasteiger partial charge in [-0.1, -0.05) is 25.1 Å². The summed E-state index contributed by atoms with van der Waals surface area (Å²) in [4.78, 5) is 12.1. The third kappa shape index (κ3) is 2.76. The van der Waals surface area contributed by atoms with Gasteiger partial charge in [-0.2, -0.15) is 0 Å². The van der Waals surface area contributed by atoms with Crippen LogP contribution in [0.15, 0.2) is 28.9 Å². The second-order valence-corrected chi connectivity index (χ2v) is 4.73. The summed E-state index contributed by atoms with van der Waals surface area (Å²) in [6, 6.07) is 4.90. The van der Waals surface area contributed by atoms with Gasteiger partial charge in [0.25, 0.3) is 5.91 Å². The lowest BCUT2D eigenvalue weighted by molar-refractivity contribution is 0.102. The normalized spacial score (nSPS) is 10.7. The van der Waals surface area contributed by atoms with Crippen LogP contribution in [-0.2, 0) is 0 Å². The first-order valence-electron chi connectivity index (χ1n) is 6.04. The number of amides is 1. The summed E-state index contributed by atoms with van der Waals surface area (Å²) >= 11 is 0. The lowest BCUT2D eigenvalue weighted by Gasteiger charge is -2.08. The average Bonchev–Trinajstić information content (AvgIpc) is 2.76. The Kier molecular flexibility index (Phi) is 3.55. The van der Waals surface area contributed by atoms with Gasteiger partial charge >= 0.3 is 0 Å². The molecule has 0 fully saturated rings. The molecule has 1 aromatic carbocycles. The minimum absolute atomic E-state index is 0.0416. The molecule has 2 aromatic rings. The molecule has 100 valence electrons. The summed E-state index contributed by atoms with van der Waals surface area (Å²) in [5.41, 5.74) is 1.64. The van der Waals surface area contributed by atoms with Crippen LogP contribution in [0.25, 0.3) is 0 Å². The van der Waals surface area contributed by atoms with E-state index in [4.69, 9.17) is 4.52 Å². The zero-order chi connectivity index (χ0) is 14.0. The third-order valence-corrected chi connectivity index (χ3v) is 2.77. The van der Waals surface area contributed by atoms with E-state index in [1.165, 1.54) is 6.20 Å². The van der Waals surface area contributed by atoms with E-state index in [1.54, 1.807) is 18.2 Å². The number of nitrogens with zero attached hydrogens (tertiary/aromatic N) is 1. The van der Waals surface area contributed by atoms with E-state index >= 15 is 0 Å².